The van der Waals surface area contributed by atoms with Gasteiger partial charge in [-0.15, -0.1) is 11.3 Å². The summed E-state index contributed by atoms with van der Waals surface area (Å²) in [5.41, 5.74) is 0. The van der Waals surface area contributed by atoms with E-state index < -0.39 is 5.97 Å². The molecule has 6 heteroatoms. The maximum atomic E-state index is 11.1. The zero-order valence-corrected chi connectivity index (χ0v) is 9.89. The summed E-state index contributed by atoms with van der Waals surface area (Å²) in [4.78, 5) is 22.9. The van der Waals surface area contributed by atoms with E-state index in [4.69, 9.17) is 9.84 Å². The van der Waals surface area contributed by atoms with Crippen LogP contribution in [0.3, 0.4) is 0 Å². The quantitative estimate of drug-likeness (QED) is 0.816. The van der Waals surface area contributed by atoms with E-state index in [1.807, 2.05) is 0 Å². The zero-order valence-electron chi connectivity index (χ0n) is 9.07. The Balaban J connectivity index is 2.66. The molecule has 2 N–H and O–H groups in total. The van der Waals surface area contributed by atoms with Gasteiger partial charge >= 0.3 is 5.97 Å². The summed E-state index contributed by atoms with van der Waals surface area (Å²) in [5.74, 6) is -1.05. The number of carbonyl (C=O) groups is 2. The van der Waals surface area contributed by atoms with Gasteiger partial charge in [0.05, 0.1) is 0 Å². The molecule has 0 fully saturated rings. The minimum atomic E-state index is -1.04. The average molecular weight is 243 g/mol. The second-order valence-corrected chi connectivity index (χ2v) is 4.35. The molecule has 1 rings (SSSR count). The second-order valence-electron chi connectivity index (χ2n) is 3.10. The fraction of sp³-hybridized carbons (Fsp3) is 0.400. The summed E-state index contributed by atoms with van der Waals surface area (Å²) in [5, 5.41) is 11.4. The van der Waals surface area contributed by atoms with E-state index >= 15 is 0 Å². The number of thiophene rings is 1. The number of nitrogens with one attached hydrogen (secondary N) is 1. The number of amides is 1. The van der Waals surface area contributed by atoms with Gasteiger partial charge in [0.2, 0.25) is 0 Å². The van der Waals surface area contributed by atoms with Gasteiger partial charge in [0.1, 0.15) is 5.75 Å². The van der Waals surface area contributed by atoms with Crippen LogP contribution >= 0.6 is 11.3 Å². The van der Waals surface area contributed by atoms with Crippen molar-refractivity contribution in [3.8, 4) is 5.75 Å². The fourth-order valence-corrected chi connectivity index (χ4v) is 1.93. The smallest absolute Gasteiger partial charge is 0.349 e. The third kappa shape index (κ3) is 3.23. The van der Waals surface area contributed by atoms with Crippen LogP contribution in [0.5, 0.6) is 5.75 Å². The minimum absolute atomic E-state index is 0.127. The van der Waals surface area contributed by atoms with Gasteiger partial charge < -0.3 is 15.2 Å². The van der Waals surface area contributed by atoms with Crippen molar-refractivity contribution < 1.29 is 19.4 Å². The molecule has 5 nitrogen and oxygen atoms in total. The summed E-state index contributed by atoms with van der Waals surface area (Å²) in [6.07, 6.45) is 0. The van der Waals surface area contributed by atoms with Crippen molar-refractivity contribution in [3.05, 3.63) is 15.8 Å². The van der Waals surface area contributed by atoms with Crippen molar-refractivity contribution in [2.75, 3.05) is 13.2 Å². The van der Waals surface area contributed by atoms with E-state index in [1.165, 1.54) is 0 Å². The summed E-state index contributed by atoms with van der Waals surface area (Å²) in [6, 6.07) is 1.62. The van der Waals surface area contributed by atoms with Crippen LogP contribution in [0.2, 0.25) is 0 Å². The predicted molar refractivity (Wildman–Crippen MR) is 60.2 cm³/mol. The van der Waals surface area contributed by atoms with E-state index in [0.29, 0.717) is 6.54 Å². The van der Waals surface area contributed by atoms with Crippen molar-refractivity contribution >= 4 is 23.2 Å². The number of rotatable bonds is 5. The number of aryl methyl sites for hydroxylation is 1. The highest BCUT2D eigenvalue weighted by Gasteiger charge is 2.15. The molecule has 0 saturated carbocycles. The molecule has 1 aromatic heterocycles. The van der Waals surface area contributed by atoms with Crippen LogP contribution in [0, 0.1) is 6.92 Å². The summed E-state index contributed by atoms with van der Waals surface area (Å²) >= 11 is 1.13. The van der Waals surface area contributed by atoms with Gasteiger partial charge in [0.25, 0.3) is 5.91 Å². The highest BCUT2D eigenvalue weighted by atomic mass is 32.1. The van der Waals surface area contributed by atoms with E-state index in [2.05, 4.69) is 5.32 Å². The van der Waals surface area contributed by atoms with E-state index in [1.54, 1.807) is 19.9 Å². The van der Waals surface area contributed by atoms with Gasteiger partial charge in [-0.05, 0) is 19.9 Å². The number of ether oxygens (including phenoxy) is 1. The van der Waals surface area contributed by atoms with Crippen LogP contribution < -0.4 is 10.1 Å². The molecule has 0 saturated heterocycles. The van der Waals surface area contributed by atoms with Crippen molar-refractivity contribution in [3.63, 3.8) is 0 Å². The van der Waals surface area contributed by atoms with Gasteiger partial charge in [-0.2, -0.15) is 0 Å². The first-order valence-corrected chi connectivity index (χ1v) is 5.59. The molecule has 16 heavy (non-hydrogen) atoms. The van der Waals surface area contributed by atoms with E-state index in [9.17, 15) is 9.59 Å². The lowest BCUT2D eigenvalue weighted by Gasteiger charge is -2.04. The predicted octanol–water partition coefficient (Wildman–Crippen LogP) is 1.27. The number of likely N-dealkylation sites (N-methyl/N-ethyl adjacent to an activating group) is 1. The van der Waals surface area contributed by atoms with Crippen molar-refractivity contribution in [1.29, 1.82) is 0 Å². The molecule has 0 bridgehead atoms. The SMILES string of the molecule is CCNC(=O)COc1cc(C)sc1C(=O)O. The van der Waals surface area contributed by atoms with Gasteiger partial charge in [-0.3, -0.25) is 4.79 Å². The number of carboxylic acids is 1. The molecule has 1 aromatic rings. The lowest BCUT2D eigenvalue weighted by molar-refractivity contribution is -0.123. The Kier molecular flexibility index (Phi) is 4.30. The number of aromatic carboxylic acids is 1. The first-order valence-electron chi connectivity index (χ1n) is 4.77. The number of carbonyl (C=O) groups excluding carboxylic acids is 1. The topological polar surface area (TPSA) is 75.6 Å². The van der Waals surface area contributed by atoms with Gasteiger partial charge in [-0.25, -0.2) is 4.79 Å². The molecule has 0 aliphatic heterocycles. The highest BCUT2D eigenvalue weighted by molar-refractivity contribution is 7.14. The summed E-state index contributed by atoms with van der Waals surface area (Å²) in [7, 11) is 0. The van der Waals surface area contributed by atoms with Crippen LogP contribution in [-0.2, 0) is 4.79 Å². The van der Waals surface area contributed by atoms with Crippen molar-refractivity contribution in [2.24, 2.45) is 0 Å². The molecule has 0 radical (unpaired) electrons. The van der Waals surface area contributed by atoms with Crippen LogP contribution in [0.15, 0.2) is 6.07 Å². The van der Waals surface area contributed by atoms with Gasteiger partial charge in [0, 0.05) is 11.4 Å². The van der Waals surface area contributed by atoms with Crippen LogP contribution in [0.1, 0.15) is 21.5 Å². The fourth-order valence-electron chi connectivity index (χ4n) is 1.14. The Morgan fingerprint density at radius 3 is 2.81 bits per heavy atom. The third-order valence-corrected chi connectivity index (χ3v) is 2.77. The number of hydrogen-bond donors (Lipinski definition) is 2. The number of carboxylic acid groups (broad SMARTS) is 1. The molecular weight excluding hydrogens is 230 g/mol. The van der Waals surface area contributed by atoms with E-state index in [-0.39, 0.29) is 23.1 Å². The Labute approximate surface area is 97.0 Å². The lowest BCUT2D eigenvalue weighted by atomic mass is 10.4. The molecule has 88 valence electrons. The standard InChI is InChI=1S/C10H13NO4S/c1-3-11-8(12)5-15-7-4-6(2)16-9(7)10(13)14/h4H,3,5H2,1-2H3,(H,11,12)(H,13,14). The van der Waals surface area contributed by atoms with Crippen LogP contribution in [-0.4, -0.2) is 30.1 Å². The number of hydrogen-bond acceptors (Lipinski definition) is 4. The zero-order chi connectivity index (χ0) is 12.1. The largest absolute Gasteiger partial charge is 0.482 e. The molecule has 0 aliphatic rings. The Morgan fingerprint density at radius 2 is 2.25 bits per heavy atom. The third-order valence-electron chi connectivity index (χ3n) is 1.75. The molecule has 1 amide bonds. The molecule has 0 atom stereocenters. The summed E-state index contributed by atoms with van der Waals surface area (Å²) in [6.45, 7) is 3.95. The first kappa shape index (κ1) is 12.5. The van der Waals surface area contributed by atoms with Gasteiger partial charge in [0.15, 0.2) is 11.5 Å². The molecule has 0 unspecified atom stereocenters. The Morgan fingerprint density at radius 1 is 1.56 bits per heavy atom. The van der Waals surface area contributed by atoms with Crippen molar-refractivity contribution in [1.82, 2.24) is 5.32 Å². The van der Waals surface area contributed by atoms with E-state index in [0.717, 1.165) is 16.2 Å². The Hall–Kier alpha value is -1.56. The lowest BCUT2D eigenvalue weighted by Crippen LogP contribution is -2.28. The monoisotopic (exact) mass is 243 g/mol. The highest BCUT2D eigenvalue weighted by Crippen LogP contribution is 2.28. The molecule has 0 spiro atoms. The minimum Gasteiger partial charge on any atom is -0.482 e. The maximum Gasteiger partial charge on any atom is 0.349 e. The second kappa shape index (κ2) is 5.50. The summed E-state index contributed by atoms with van der Waals surface area (Å²) < 4.78 is 5.15. The van der Waals surface area contributed by atoms with Crippen LogP contribution in [0.25, 0.3) is 0 Å². The molecule has 0 aliphatic carbocycles. The van der Waals surface area contributed by atoms with Gasteiger partial charge in [-0.1, -0.05) is 0 Å². The first-order chi connectivity index (χ1) is 7.54. The van der Waals surface area contributed by atoms with Crippen LogP contribution in [0.4, 0.5) is 0 Å². The average Bonchev–Trinajstić information content (AvgIpc) is 2.57. The Bertz CT molecular complexity index is 400. The van der Waals surface area contributed by atoms with Crippen molar-refractivity contribution in [2.45, 2.75) is 13.8 Å². The maximum absolute atomic E-state index is 11.1. The molecule has 1 heterocycles. The normalized spacial score (nSPS) is 9.88. The molecular formula is C10H13NO4S. The molecule has 0 aromatic carbocycles.